The van der Waals surface area contributed by atoms with Crippen molar-refractivity contribution in [3.8, 4) is 16.2 Å². The van der Waals surface area contributed by atoms with Crippen molar-refractivity contribution in [2.24, 2.45) is 0 Å². The first kappa shape index (κ1) is 23.9. The lowest BCUT2D eigenvalue weighted by molar-refractivity contribution is -0.131. The highest BCUT2D eigenvalue weighted by Crippen LogP contribution is 2.43. The Bertz CT molecular complexity index is 916. The topological polar surface area (TPSA) is 46.5 Å². The number of allylic oxidation sites excluding steroid dienone is 2. The summed E-state index contributed by atoms with van der Waals surface area (Å²) in [7, 11) is 0. The van der Waals surface area contributed by atoms with Crippen molar-refractivity contribution in [1.29, 1.82) is 0 Å². The van der Waals surface area contributed by atoms with Crippen LogP contribution in [0.1, 0.15) is 82.9 Å². The van der Waals surface area contributed by atoms with E-state index in [-0.39, 0.29) is 0 Å². The molecule has 162 valence electrons. The van der Waals surface area contributed by atoms with Gasteiger partial charge in [0.1, 0.15) is 5.75 Å². The molecule has 30 heavy (non-hydrogen) atoms. The van der Waals surface area contributed by atoms with Crippen LogP contribution in [-0.4, -0.2) is 17.7 Å². The number of carboxylic acid groups (broad SMARTS) is 1. The van der Waals surface area contributed by atoms with Gasteiger partial charge < -0.3 is 9.84 Å². The Morgan fingerprint density at radius 3 is 2.53 bits per heavy atom. The highest BCUT2D eigenvalue weighted by atomic mass is 32.1. The van der Waals surface area contributed by atoms with Crippen molar-refractivity contribution < 1.29 is 14.6 Å². The summed E-state index contributed by atoms with van der Waals surface area (Å²) in [6, 6.07) is 6.64. The van der Waals surface area contributed by atoms with Crippen LogP contribution in [0.15, 0.2) is 41.3 Å². The molecule has 1 heterocycles. The first-order valence-corrected chi connectivity index (χ1v) is 11.6. The number of rotatable bonds is 10. The largest absolute Gasteiger partial charge is 0.493 e. The van der Waals surface area contributed by atoms with Crippen molar-refractivity contribution in [2.75, 3.05) is 6.61 Å². The summed E-state index contributed by atoms with van der Waals surface area (Å²) >= 11 is 1.70. The maximum absolute atomic E-state index is 10.9. The van der Waals surface area contributed by atoms with Crippen LogP contribution in [0.5, 0.6) is 5.75 Å². The maximum Gasteiger partial charge on any atom is 0.328 e. The molecule has 0 atom stereocenters. The maximum atomic E-state index is 10.9. The summed E-state index contributed by atoms with van der Waals surface area (Å²) in [4.78, 5) is 12.1. The van der Waals surface area contributed by atoms with Crippen molar-refractivity contribution in [3.05, 3.63) is 58.0 Å². The molecule has 0 unspecified atom stereocenters. The van der Waals surface area contributed by atoms with Crippen molar-refractivity contribution >= 4 is 23.4 Å². The van der Waals surface area contributed by atoms with E-state index in [1.165, 1.54) is 17.2 Å². The Morgan fingerprint density at radius 2 is 1.93 bits per heavy atom. The first-order chi connectivity index (χ1) is 14.2. The molecule has 0 saturated carbocycles. The van der Waals surface area contributed by atoms with Gasteiger partial charge in [-0.2, -0.15) is 0 Å². The van der Waals surface area contributed by atoms with E-state index in [9.17, 15) is 4.79 Å². The summed E-state index contributed by atoms with van der Waals surface area (Å²) in [5, 5.41) is 11.0. The van der Waals surface area contributed by atoms with Crippen molar-refractivity contribution in [3.63, 3.8) is 0 Å². The van der Waals surface area contributed by atoms with Gasteiger partial charge in [0, 0.05) is 16.5 Å². The molecule has 1 aromatic heterocycles. The van der Waals surface area contributed by atoms with Gasteiger partial charge in [0.25, 0.3) is 0 Å². The zero-order valence-corrected chi connectivity index (χ0v) is 19.8. The molecule has 0 aliphatic rings. The molecular weight excluding hydrogens is 392 g/mol. The van der Waals surface area contributed by atoms with E-state index in [1.54, 1.807) is 18.3 Å². The molecule has 0 saturated heterocycles. The van der Waals surface area contributed by atoms with Crippen LogP contribution in [0.2, 0.25) is 0 Å². The van der Waals surface area contributed by atoms with Gasteiger partial charge in [-0.3, -0.25) is 0 Å². The predicted octanol–water partition coefficient (Wildman–Crippen LogP) is 7.88. The lowest BCUT2D eigenvalue weighted by Gasteiger charge is -2.21. The van der Waals surface area contributed by atoms with E-state index < -0.39 is 5.97 Å². The number of thiophene rings is 1. The molecule has 2 aromatic rings. The normalized spacial score (nSPS) is 12.3. The van der Waals surface area contributed by atoms with Crippen LogP contribution in [0, 0.1) is 0 Å². The Morgan fingerprint density at radius 1 is 1.20 bits per heavy atom. The predicted molar refractivity (Wildman–Crippen MR) is 129 cm³/mol. The second kappa shape index (κ2) is 11.2. The molecule has 1 N–H and O–H groups in total. The van der Waals surface area contributed by atoms with Crippen molar-refractivity contribution in [2.45, 2.75) is 66.2 Å². The van der Waals surface area contributed by atoms with E-state index in [4.69, 9.17) is 9.84 Å². The lowest BCUT2D eigenvalue weighted by Crippen LogP contribution is -2.05. The molecule has 0 bridgehead atoms. The minimum Gasteiger partial charge on any atom is -0.493 e. The number of ether oxygens (including phenoxy) is 1. The van der Waals surface area contributed by atoms with Crippen LogP contribution < -0.4 is 4.74 Å². The van der Waals surface area contributed by atoms with Crippen LogP contribution >= 0.6 is 11.3 Å². The van der Waals surface area contributed by atoms with E-state index >= 15 is 0 Å². The minimum atomic E-state index is -0.930. The summed E-state index contributed by atoms with van der Waals surface area (Å²) < 4.78 is 6.36. The fourth-order valence-corrected chi connectivity index (χ4v) is 4.12. The third-order valence-electron chi connectivity index (χ3n) is 4.99. The Kier molecular flexibility index (Phi) is 8.91. The van der Waals surface area contributed by atoms with Gasteiger partial charge in [-0.25, -0.2) is 4.79 Å². The van der Waals surface area contributed by atoms with Gasteiger partial charge in [0.2, 0.25) is 0 Å². The Balaban J connectivity index is 2.61. The molecule has 2 rings (SSSR count). The van der Waals surface area contributed by atoms with Crippen LogP contribution in [0.4, 0.5) is 0 Å². The van der Waals surface area contributed by atoms with E-state index in [0.29, 0.717) is 24.0 Å². The third-order valence-corrected chi connectivity index (χ3v) is 5.95. The number of benzene rings is 1. The van der Waals surface area contributed by atoms with E-state index in [1.807, 2.05) is 12.2 Å². The average molecular weight is 427 g/mol. The number of carboxylic acids is 1. The molecule has 0 aliphatic carbocycles. The Hall–Kier alpha value is -2.33. The van der Waals surface area contributed by atoms with Gasteiger partial charge in [0.15, 0.2) is 0 Å². The summed E-state index contributed by atoms with van der Waals surface area (Å²) in [5.41, 5.74) is 5.47. The molecule has 4 heteroatoms. The summed E-state index contributed by atoms with van der Waals surface area (Å²) in [5.74, 6) is 0.836. The number of hydrogen-bond donors (Lipinski definition) is 1. The second-order valence-corrected chi connectivity index (χ2v) is 9.18. The molecule has 1 aromatic carbocycles. The van der Waals surface area contributed by atoms with Crippen molar-refractivity contribution in [1.82, 2.24) is 0 Å². The highest BCUT2D eigenvalue weighted by Gasteiger charge is 2.20. The molecular formula is C26H34O3S. The van der Waals surface area contributed by atoms with Crippen LogP contribution in [-0.2, 0) is 4.79 Å². The number of hydrogen-bond acceptors (Lipinski definition) is 3. The zero-order valence-electron chi connectivity index (χ0n) is 19.0. The monoisotopic (exact) mass is 426 g/mol. The molecule has 3 nitrogen and oxygen atoms in total. The van der Waals surface area contributed by atoms with Gasteiger partial charge in [-0.15, -0.1) is 11.3 Å². The van der Waals surface area contributed by atoms with Gasteiger partial charge in [-0.05, 0) is 65.0 Å². The number of carbonyl (C=O) groups is 1. The Labute approximate surface area is 185 Å². The van der Waals surface area contributed by atoms with Gasteiger partial charge in [-0.1, -0.05) is 59.3 Å². The number of unbranched alkanes of at least 4 members (excludes halogenated alkanes) is 1. The molecule has 0 radical (unpaired) electrons. The van der Waals surface area contributed by atoms with Crippen LogP contribution in [0.25, 0.3) is 16.5 Å². The molecule has 0 amide bonds. The van der Waals surface area contributed by atoms with E-state index in [0.717, 1.165) is 34.6 Å². The summed E-state index contributed by atoms with van der Waals surface area (Å²) in [6.45, 7) is 13.5. The second-order valence-electron chi connectivity index (χ2n) is 8.26. The fraction of sp³-hybridized carbons (Fsp3) is 0.423. The van der Waals surface area contributed by atoms with Gasteiger partial charge in [0.05, 0.1) is 6.61 Å². The quantitative estimate of drug-likeness (QED) is 0.239. The summed E-state index contributed by atoms with van der Waals surface area (Å²) in [6.07, 6.45) is 7.19. The third kappa shape index (κ3) is 6.33. The van der Waals surface area contributed by atoms with Gasteiger partial charge >= 0.3 is 5.97 Å². The SMILES string of the molecule is CCCCOc1c(-c2sccc2/C=C/C(C)=C/C(=O)O)cc(C(C)C)cc1C(C)C. The minimum absolute atomic E-state index is 0.360. The van der Waals surface area contributed by atoms with E-state index in [2.05, 4.69) is 58.2 Å². The zero-order chi connectivity index (χ0) is 22.3. The molecule has 0 aliphatic heterocycles. The van der Waals surface area contributed by atoms with Crippen LogP contribution in [0.3, 0.4) is 0 Å². The first-order valence-electron chi connectivity index (χ1n) is 10.7. The standard InChI is InChI=1S/C26H34O3S/c1-7-8-12-29-25-22(18(4)5)15-21(17(2)3)16-23(25)26-20(11-13-30-26)10-9-19(6)14-24(27)28/h9-11,13-18H,7-8,12H2,1-6H3,(H,27,28)/b10-9+,19-14+. The fourth-order valence-electron chi connectivity index (χ4n) is 3.22. The molecule has 0 spiro atoms. The average Bonchev–Trinajstić information content (AvgIpc) is 3.14. The lowest BCUT2D eigenvalue weighted by atomic mass is 9.90. The molecule has 0 fully saturated rings. The number of aliphatic carboxylic acids is 1. The smallest absolute Gasteiger partial charge is 0.328 e. The highest BCUT2D eigenvalue weighted by molar-refractivity contribution is 7.14.